The van der Waals surface area contributed by atoms with Crippen LogP contribution < -0.4 is 15.6 Å². The Morgan fingerprint density at radius 3 is 2.58 bits per heavy atom. The van der Waals surface area contributed by atoms with Gasteiger partial charge in [0.2, 0.25) is 0 Å². The first-order valence-electron chi connectivity index (χ1n) is 11.9. The van der Waals surface area contributed by atoms with Gasteiger partial charge in [-0.05, 0) is 42.5 Å². The molecule has 0 atom stereocenters. The monoisotopic (exact) mass is 557 g/mol. The van der Waals surface area contributed by atoms with E-state index in [2.05, 4.69) is 15.0 Å². The molecule has 202 valence electrons. The van der Waals surface area contributed by atoms with Crippen LogP contribution in [0.5, 0.6) is 0 Å². The maximum atomic E-state index is 13.8. The Morgan fingerprint density at radius 2 is 1.88 bits per heavy atom. The second-order valence-corrected chi connectivity index (χ2v) is 10.8. The van der Waals surface area contributed by atoms with E-state index < -0.39 is 22.5 Å². The lowest BCUT2D eigenvalue weighted by atomic mass is 10.1. The van der Waals surface area contributed by atoms with Gasteiger partial charge in [0.25, 0.3) is 15.6 Å². The molecule has 0 saturated carbocycles. The van der Waals surface area contributed by atoms with E-state index in [1.807, 2.05) is 0 Å². The molecule has 5 aromatic rings. The molecule has 0 aliphatic heterocycles. The van der Waals surface area contributed by atoms with Crippen LogP contribution in [0.15, 0.2) is 82.7 Å². The first-order chi connectivity index (χ1) is 19.1. The fourth-order valence-corrected chi connectivity index (χ4v) is 5.93. The normalized spacial score (nSPS) is 11.5. The summed E-state index contributed by atoms with van der Waals surface area (Å²) in [6.45, 7) is -0.845. The SMILES string of the molecule is Cn1c(=O)c(Cc2ccc(C(=N)N)cn2)nc2cc(N(CC(=O)O)S(=O)(=O)c3cccc4cccnc34)ccc21. The van der Waals surface area contributed by atoms with Crippen LogP contribution in [0.2, 0.25) is 0 Å². The number of aromatic nitrogens is 4. The Hall–Kier alpha value is -5.17. The number of carbonyl (C=O) groups is 1. The number of rotatable bonds is 8. The summed E-state index contributed by atoms with van der Waals surface area (Å²) in [7, 11) is -2.81. The fourth-order valence-electron chi connectivity index (χ4n) is 4.35. The second-order valence-electron chi connectivity index (χ2n) is 8.96. The predicted molar refractivity (Wildman–Crippen MR) is 149 cm³/mol. The number of carboxylic acids is 1. The number of nitrogen functional groups attached to an aromatic ring is 1. The van der Waals surface area contributed by atoms with Crippen LogP contribution in [0.25, 0.3) is 21.9 Å². The number of sulfonamides is 1. The summed E-state index contributed by atoms with van der Waals surface area (Å²) >= 11 is 0. The fraction of sp³-hybridized carbons (Fsp3) is 0.111. The van der Waals surface area contributed by atoms with E-state index in [-0.39, 0.29) is 45.1 Å². The average Bonchev–Trinajstić information content (AvgIpc) is 2.94. The molecule has 13 heteroatoms. The number of fused-ring (bicyclic) bond motifs is 2. The Balaban J connectivity index is 1.61. The number of benzene rings is 2. The molecule has 0 amide bonds. The van der Waals surface area contributed by atoms with Gasteiger partial charge < -0.3 is 15.4 Å². The number of amidine groups is 1. The lowest BCUT2D eigenvalue weighted by molar-refractivity contribution is -0.135. The van der Waals surface area contributed by atoms with Crippen molar-refractivity contribution >= 4 is 49.5 Å². The van der Waals surface area contributed by atoms with Gasteiger partial charge in [0.15, 0.2) is 0 Å². The van der Waals surface area contributed by atoms with Gasteiger partial charge in [-0.3, -0.25) is 29.3 Å². The number of anilines is 1. The maximum absolute atomic E-state index is 13.8. The molecule has 12 nitrogen and oxygen atoms in total. The zero-order valence-corrected chi connectivity index (χ0v) is 22.0. The molecule has 0 aliphatic rings. The molecule has 3 heterocycles. The molecule has 0 bridgehead atoms. The quantitative estimate of drug-likeness (QED) is 0.190. The third-order valence-corrected chi connectivity index (χ3v) is 8.15. The molecular formula is C27H23N7O5S. The molecule has 2 aromatic carbocycles. The zero-order valence-electron chi connectivity index (χ0n) is 21.1. The minimum atomic E-state index is -4.38. The first-order valence-corrected chi connectivity index (χ1v) is 13.4. The molecule has 4 N–H and O–H groups in total. The minimum Gasteiger partial charge on any atom is -0.480 e. The van der Waals surface area contributed by atoms with Gasteiger partial charge in [0.1, 0.15) is 23.0 Å². The highest BCUT2D eigenvalue weighted by Gasteiger charge is 2.29. The summed E-state index contributed by atoms with van der Waals surface area (Å²) in [5.74, 6) is -1.49. The summed E-state index contributed by atoms with van der Waals surface area (Å²) in [5.41, 5.74) is 7.21. The largest absolute Gasteiger partial charge is 0.480 e. The third-order valence-electron chi connectivity index (χ3n) is 6.34. The van der Waals surface area contributed by atoms with E-state index in [4.69, 9.17) is 11.1 Å². The molecule has 40 heavy (non-hydrogen) atoms. The summed E-state index contributed by atoms with van der Waals surface area (Å²) in [5, 5.41) is 17.7. The van der Waals surface area contributed by atoms with Crippen LogP contribution in [0, 0.1) is 5.41 Å². The van der Waals surface area contributed by atoms with Gasteiger partial charge in [-0.1, -0.05) is 18.2 Å². The summed E-state index contributed by atoms with van der Waals surface area (Å²) < 4.78 is 29.8. The van der Waals surface area contributed by atoms with Gasteiger partial charge in [-0.25, -0.2) is 13.4 Å². The van der Waals surface area contributed by atoms with Crippen molar-refractivity contribution < 1.29 is 18.3 Å². The highest BCUT2D eigenvalue weighted by molar-refractivity contribution is 7.93. The second kappa shape index (κ2) is 10.2. The van der Waals surface area contributed by atoms with Crippen LogP contribution in [-0.4, -0.2) is 51.4 Å². The molecule has 0 unspecified atom stereocenters. The lowest BCUT2D eigenvalue weighted by Gasteiger charge is -2.23. The van der Waals surface area contributed by atoms with E-state index in [1.165, 1.54) is 41.2 Å². The molecule has 0 saturated heterocycles. The number of carboxylic acid groups (broad SMARTS) is 1. The Bertz CT molecular complexity index is 1970. The lowest BCUT2D eigenvalue weighted by Crippen LogP contribution is -2.36. The molecule has 3 aromatic heterocycles. The number of aliphatic carboxylic acids is 1. The summed E-state index contributed by atoms with van der Waals surface area (Å²) in [6.07, 6.45) is 2.97. The van der Waals surface area contributed by atoms with Crippen LogP contribution >= 0.6 is 0 Å². The van der Waals surface area contributed by atoms with Gasteiger partial charge in [0, 0.05) is 42.5 Å². The topological polar surface area (TPSA) is 185 Å². The number of aryl methyl sites for hydroxylation is 1. The third kappa shape index (κ3) is 4.85. The van der Waals surface area contributed by atoms with Gasteiger partial charge in [-0.15, -0.1) is 0 Å². The van der Waals surface area contributed by atoms with Crippen LogP contribution in [0.1, 0.15) is 17.0 Å². The number of hydrogen-bond donors (Lipinski definition) is 3. The molecule has 0 spiro atoms. The number of nitrogens with two attached hydrogens (primary N) is 1. The number of nitrogens with zero attached hydrogens (tertiary/aromatic N) is 5. The van der Waals surface area contributed by atoms with Crippen LogP contribution in [-0.2, 0) is 28.3 Å². The molecular weight excluding hydrogens is 534 g/mol. The zero-order chi connectivity index (χ0) is 28.6. The first kappa shape index (κ1) is 26.4. The van der Waals surface area contributed by atoms with Crippen molar-refractivity contribution in [3.8, 4) is 0 Å². The number of hydrogen-bond acceptors (Lipinski definition) is 8. The van der Waals surface area contributed by atoms with Crippen molar-refractivity contribution in [1.29, 1.82) is 5.41 Å². The number of para-hydroxylation sites is 1. The number of nitrogens with one attached hydrogen (secondary N) is 1. The highest BCUT2D eigenvalue weighted by Crippen LogP contribution is 2.29. The highest BCUT2D eigenvalue weighted by atomic mass is 32.2. The predicted octanol–water partition coefficient (Wildman–Crippen LogP) is 2.03. The van der Waals surface area contributed by atoms with Crippen molar-refractivity contribution in [2.24, 2.45) is 12.8 Å². The Labute approximate surface area is 227 Å². The van der Waals surface area contributed by atoms with Crippen LogP contribution in [0.4, 0.5) is 5.69 Å². The van der Waals surface area contributed by atoms with E-state index in [9.17, 15) is 23.1 Å². The van der Waals surface area contributed by atoms with E-state index in [0.29, 0.717) is 22.2 Å². The Kier molecular flexibility index (Phi) is 6.73. The van der Waals surface area contributed by atoms with Crippen LogP contribution in [0.3, 0.4) is 0 Å². The van der Waals surface area contributed by atoms with Crippen molar-refractivity contribution in [3.05, 3.63) is 100 Å². The minimum absolute atomic E-state index is 0.0591. The standard InChI is InChI=1S/C27H23N7O5S/c1-33-22-10-9-19(13-20(22)32-21(27(33)37)12-18-8-7-17(14-31-18)26(28)29)34(15-24(35)36)40(38,39)23-6-2-4-16-5-3-11-30-25(16)23/h2-11,13-14H,12,15H2,1H3,(H3,28,29)(H,35,36). The summed E-state index contributed by atoms with van der Waals surface area (Å²) in [6, 6.07) is 15.7. The van der Waals surface area contributed by atoms with Gasteiger partial charge in [0.05, 0.1) is 22.2 Å². The molecule has 5 rings (SSSR count). The van der Waals surface area contributed by atoms with Gasteiger partial charge in [-0.2, -0.15) is 0 Å². The van der Waals surface area contributed by atoms with Crippen molar-refractivity contribution in [1.82, 2.24) is 19.5 Å². The van der Waals surface area contributed by atoms with E-state index in [1.54, 1.807) is 43.4 Å². The van der Waals surface area contributed by atoms with Crippen molar-refractivity contribution in [2.45, 2.75) is 11.3 Å². The number of pyridine rings is 2. The summed E-state index contributed by atoms with van der Waals surface area (Å²) in [4.78, 5) is 37.6. The molecule has 0 aliphatic carbocycles. The van der Waals surface area contributed by atoms with Crippen molar-refractivity contribution in [3.63, 3.8) is 0 Å². The Morgan fingerprint density at radius 1 is 1.10 bits per heavy atom. The van der Waals surface area contributed by atoms with Gasteiger partial charge >= 0.3 is 5.97 Å². The van der Waals surface area contributed by atoms with E-state index in [0.717, 1.165) is 4.31 Å². The van der Waals surface area contributed by atoms with E-state index >= 15 is 0 Å². The smallest absolute Gasteiger partial charge is 0.324 e. The van der Waals surface area contributed by atoms with Crippen molar-refractivity contribution in [2.75, 3.05) is 10.8 Å². The molecule has 0 fully saturated rings. The maximum Gasteiger partial charge on any atom is 0.324 e. The average molecular weight is 558 g/mol. The molecule has 0 radical (unpaired) electrons.